The third-order valence-electron chi connectivity index (χ3n) is 4.95. The predicted molar refractivity (Wildman–Crippen MR) is 91.8 cm³/mol. The minimum absolute atomic E-state index is 0.656. The van der Waals surface area contributed by atoms with Crippen LogP contribution >= 0.6 is 0 Å². The Hall–Kier alpha value is -0.860. The molecule has 3 atom stereocenters. The quantitative estimate of drug-likeness (QED) is 0.815. The lowest BCUT2D eigenvalue weighted by atomic mass is 9.78. The molecule has 1 aliphatic carbocycles. The molecular weight excluding hydrogens is 256 g/mol. The van der Waals surface area contributed by atoms with E-state index in [1.807, 2.05) is 0 Å². The number of hydrogen-bond acceptors (Lipinski definition) is 2. The lowest BCUT2D eigenvalue weighted by Crippen LogP contribution is -2.52. The summed E-state index contributed by atoms with van der Waals surface area (Å²) in [7, 11) is 2.14. The zero-order valence-electron chi connectivity index (χ0n) is 14.0. The third kappa shape index (κ3) is 4.31. The zero-order chi connectivity index (χ0) is 15.1. The van der Waals surface area contributed by atoms with Gasteiger partial charge < -0.3 is 5.32 Å². The second kappa shape index (κ2) is 8.55. The van der Waals surface area contributed by atoms with Crippen LogP contribution in [0.2, 0.25) is 0 Å². The number of nitrogens with zero attached hydrogens (tertiary/aromatic N) is 1. The van der Waals surface area contributed by atoms with Crippen LogP contribution in [0.1, 0.15) is 57.4 Å². The Balaban J connectivity index is 2.11. The van der Waals surface area contributed by atoms with Crippen LogP contribution in [0.25, 0.3) is 0 Å². The second-order valence-electron chi connectivity index (χ2n) is 6.42. The minimum atomic E-state index is 0.656. The summed E-state index contributed by atoms with van der Waals surface area (Å²) in [6, 6.07) is 12.5. The van der Waals surface area contributed by atoms with Gasteiger partial charge in [-0.2, -0.15) is 0 Å². The highest BCUT2D eigenvalue weighted by Crippen LogP contribution is 2.35. The summed E-state index contributed by atoms with van der Waals surface area (Å²) in [6.07, 6.45) is 6.42. The van der Waals surface area contributed by atoms with Crippen molar-refractivity contribution in [3.05, 3.63) is 35.9 Å². The van der Waals surface area contributed by atoms with Gasteiger partial charge in [-0.3, -0.25) is 4.90 Å². The van der Waals surface area contributed by atoms with E-state index < -0.39 is 0 Å². The van der Waals surface area contributed by atoms with E-state index in [1.54, 1.807) is 0 Å². The maximum absolute atomic E-state index is 3.58. The van der Waals surface area contributed by atoms with Gasteiger partial charge in [-0.1, -0.05) is 44.2 Å². The molecule has 1 N–H and O–H groups in total. The smallest absolute Gasteiger partial charge is 0.0255 e. The molecular formula is C19H32N2. The molecule has 0 bridgehead atoms. The van der Waals surface area contributed by atoms with Gasteiger partial charge >= 0.3 is 0 Å². The maximum Gasteiger partial charge on any atom is 0.0255 e. The van der Waals surface area contributed by atoms with Gasteiger partial charge in [0, 0.05) is 12.1 Å². The number of hydrogen-bond donors (Lipinski definition) is 1. The van der Waals surface area contributed by atoms with Gasteiger partial charge in [-0.15, -0.1) is 0 Å². The van der Waals surface area contributed by atoms with Crippen LogP contribution in [0.4, 0.5) is 0 Å². The summed E-state index contributed by atoms with van der Waals surface area (Å²) in [5, 5.41) is 3.58. The van der Waals surface area contributed by atoms with Gasteiger partial charge in [-0.25, -0.2) is 0 Å². The first kappa shape index (κ1) is 16.5. The molecule has 0 radical (unpaired) electrons. The van der Waals surface area contributed by atoms with Gasteiger partial charge in [0.2, 0.25) is 0 Å². The van der Waals surface area contributed by atoms with E-state index >= 15 is 0 Å². The third-order valence-corrected chi connectivity index (χ3v) is 4.95. The second-order valence-corrected chi connectivity index (χ2v) is 6.42. The molecule has 3 unspecified atom stereocenters. The van der Waals surface area contributed by atoms with Crippen LogP contribution in [0, 0.1) is 0 Å². The molecule has 0 amide bonds. The highest BCUT2D eigenvalue weighted by molar-refractivity contribution is 5.21. The van der Waals surface area contributed by atoms with Crippen LogP contribution < -0.4 is 5.32 Å². The molecule has 0 heterocycles. The Morgan fingerprint density at radius 1 is 1.05 bits per heavy atom. The monoisotopic (exact) mass is 288 g/mol. The van der Waals surface area contributed by atoms with Crippen LogP contribution in [-0.2, 0) is 0 Å². The van der Waals surface area contributed by atoms with Gasteiger partial charge in [0.15, 0.2) is 0 Å². The predicted octanol–water partition coefficient (Wildman–Crippen LogP) is 4.03. The van der Waals surface area contributed by atoms with Crippen LogP contribution in [0.15, 0.2) is 30.3 Å². The van der Waals surface area contributed by atoms with Crippen molar-refractivity contribution in [1.82, 2.24) is 10.2 Å². The molecule has 2 heteroatoms. The summed E-state index contributed by atoms with van der Waals surface area (Å²) in [5.41, 5.74) is 1.53. The Bertz CT molecular complexity index is 384. The van der Waals surface area contributed by atoms with Crippen LogP contribution in [-0.4, -0.2) is 37.1 Å². The van der Waals surface area contributed by atoms with Gasteiger partial charge in [0.05, 0.1) is 0 Å². The first-order chi connectivity index (χ1) is 10.3. The van der Waals surface area contributed by atoms with Crippen molar-refractivity contribution >= 4 is 0 Å². The molecule has 2 nitrogen and oxygen atoms in total. The van der Waals surface area contributed by atoms with E-state index in [1.165, 1.54) is 50.8 Å². The fourth-order valence-corrected chi connectivity index (χ4v) is 3.93. The van der Waals surface area contributed by atoms with Gasteiger partial charge in [-0.05, 0) is 63.7 Å². The normalized spacial score (nSPS) is 26.2. The molecule has 0 aliphatic heterocycles. The highest BCUT2D eigenvalue weighted by Gasteiger charge is 2.33. The van der Waals surface area contributed by atoms with Crippen molar-refractivity contribution in [2.45, 2.75) is 64.0 Å². The Labute approximate surface area is 130 Å². The van der Waals surface area contributed by atoms with E-state index in [4.69, 9.17) is 0 Å². The molecule has 118 valence electrons. The van der Waals surface area contributed by atoms with Crippen molar-refractivity contribution in [2.24, 2.45) is 0 Å². The van der Waals surface area contributed by atoms with Crippen molar-refractivity contribution in [3.8, 4) is 0 Å². The Morgan fingerprint density at radius 2 is 1.71 bits per heavy atom. The molecule has 2 rings (SSSR count). The van der Waals surface area contributed by atoms with Crippen molar-refractivity contribution < 1.29 is 0 Å². The van der Waals surface area contributed by atoms with Crippen molar-refractivity contribution in [1.29, 1.82) is 0 Å². The first-order valence-electron chi connectivity index (χ1n) is 8.76. The van der Waals surface area contributed by atoms with Gasteiger partial charge in [0.1, 0.15) is 0 Å². The van der Waals surface area contributed by atoms with E-state index in [9.17, 15) is 0 Å². The minimum Gasteiger partial charge on any atom is -0.315 e. The van der Waals surface area contributed by atoms with E-state index in [0.717, 1.165) is 5.92 Å². The molecule has 1 aliphatic rings. The lowest BCUT2D eigenvalue weighted by Gasteiger charge is -2.43. The molecule has 0 aromatic heterocycles. The van der Waals surface area contributed by atoms with Gasteiger partial charge in [0.25, 0.3) is 0 Å². The number of benzene rings is 1. The number of nitrogens with one attached hydrogen (secondary N) is 1. The summed E-state index contributed by atoms with van der Waals surface area (Å²) in [6.45, 7) is 7.07. The van der Waals surface area contributed by atoms with E-state index in [-0.39, 0.29) is 0 Å². The standard InChI is InChI=1S/C19H32N2/c1-4-13-21(14-5-2)19-15-17(11-12-18(19)20-3)16-9-7-6-8-10-16/h6-10,17-20H,4-5,11-15H2,1-3H3. The summed E-state index contributed by atoms with van der Waals surface area (Å²) in [5.74, 6) is 0.733. The lowest BCUT2D eigenvalue weighted by molar-refractivity contribution is 0.115. The molecule has 21 heavy (non-hydrogen) atoms. The summed E-state index contributed by atoms with van der Waals surface area (Å²) in [4.78, 5) is 2.73. The van der Waals surface area contributed by atoms with E-state index in [2.05, 4.69) is 61.4 Å². The molecule has 0 spiro atoms. The largest absolute Gasteiger partial charge is 0.315 e. The van der Waals surface area contributed by atoms with Crippen molar-refractivity contribution in [3.63, 3.8) is 0 Å². The number of likely N-dealkylation sites (N-methyl/N-ethyl adjacent to an activating group) is 1. The summed E-state index contributed by atoms with van der Waals surface area (Å²) < 4.78 is 0. The van der Waals surface area contributed by atoms with Crippen LogP contribution in [0.3, 0.4) is 0 Å². The average Bonchev–Trinajstić information content (AvgIpc) is 2.55. The first-order valence-corrected chi connectivity index (χ1v) is 8.76. The molecule has 0 saturated heterocycles. The van der Waals surface area contributed by atoms with E-state index in [0.29, 0.717) is 12.1 Å². The Morgan fingerprint density at radius 3 is 2.29 bits per heavy atom. The summed E-state index contributed by atoms with van der Waals surface area (Å²) >= 11 is 0. The van der Waals surface area contributed by atoms with Crippen LogP contribution in [0.5, 0.6) is 0 Å². The molecule has 1 fully saturated rings. The molecule has 1 saturated carbocycles. The number of rotatable bonds is 7. The topological polar surface area (TPSA) is 15.3 Å². The fraction of sp³-hybridized carbons (Fsp3) is 0.684. The zero-order valence-corrected chi connectivity index (χ0v) is 14.0. The van der Waals surface area contributed by atoms with Crippen molar-refractivity contribution in [2.75, 3.05) is 20.1 Å². The maximum atomic E-state index is 3.58. The SMILES string of the molecule is CCCN(CCC)C1CC(c2ccccc2)CCC1NC. The fourth-order valence-electron chi connectivity index (χ4n) is 3.93. The molecule has 1 aromatic carbocycles. The molecule has 1 aromatic rings. The Kier molecular flexibility index (Phi) is 6.72. The average molecular weight is 288 g/mol. The highest BCUT2D eigenvalue weighted by atomic mass is 15.2.